The lowest BCUT2D eigenvalue weighted by atomic mass is 10.0. The zero-order valence-corrected chi connectivity index (χ0v) is 6.52. The molecule has 1 rings (SSSR count). The molecule has 1 heteroatoms. The van der Waals surface area contributed by atoms with Crippen molar-refractivity contribution in [2.24, 2.45) is 0 Å². The van der Waals surface area contributed by atoms with Crippen LogP contribution in [0.2, 0.25) is 0 Å². The monoisotopic (exact) mass is 125 g/mol. The molecule has 1 nitrogen and oxygen atoms in total. The van der Waals surface area contributed by atoms with E-state index in [0.717, 1.165) is 6.04 Å². The third kappa shape index (κ3) is 1.09. The van der Waals surface area contributed by atoms with E-state index < -0.39 is 0 Å². The number of likely N-dealkylation sites (N-methyl/N-ethyl adjacent to an activating group) is 1. The molecule has 0 spiro atoms. The van der Waals surface area contributed by atoms with Gasteiger partial charge in [0.1, 0.15) is 0 Å². The average molecular weight is 125 g/mol. The molecule has 0 N–H and O–H groups in total. The number of hydrogen-bond donors (Lipinski definition) is 0. The summed E-state index contributed by atoms with van der Waals surface area (Å²) in [5.41, 5.74) is 1.42. The Bertz CT molecular complexity index is 127. The third-order valence-corrected chi connectivity index (χ3v) is 2.07. The lowest BCUT2D eigenvalue weighted by Crippen LogP contribution is -2.36. The summed E-state index contributed by atoms with van der Waals surface area (Å²) in [6.45, 7) is 4.39. The van der Waals surface area contributed by atoms with Crippen molar-refractivity contribution in [1.82, 2.24) is 4.90 Å². The van der Waals surface area contributed by atoms with Gasteiger partial charge in [-0.3, -0.25) is 0 Å². The largest absolute Gasteiger partial charge is 0.372 e. The zero-order valence-electron chi connectivity index (χ0n) is 6.52. The van der Waals surface area contributed by atoms with Crippen molar-refractivity contribution >= 4 is 0 Å². The maximum Gasteiger partial charge on any atom is 0.0485 e. The SMILES string of the molecule is CCCC1C=C(C)N1C. The molecule has 0 saturated heterocycles. The van der Waals surface area contributed by atoms with Gasteiger partial charge in [0.05, 0.1) is 0 Å². The molecule has 0 bridgehead atoms. The number of rotatable bonds is 2. The van der Waals surface area contributed by atoms with Crippen LogP contribution in [0.1, 0.15) is 26.7 Å². The molecule has 0 aromatic rings. The number of nitrogens with zero attached hydrogens (tertiary/aromatic N) is 1. The first-order valence-electron chi connectivity index (χ1n) is 3.67. The topological polar surface area (TPSA) is 3.24 Å². The van der Waals surface area contributed by atoms with Crippen LogP contribution in [0.4, 0.5) is 0 Å². The Labute approximate surface area is 57.4 Å². The summed E-state index contributed by atoms with van der Waals surface area (Å²) in [5, 5.41) is 0. The van der Waals surface area contributed by atoms with Crippen molar-refractivity contribution in [2.45, 2.75) is 32.7 Å². The van der Waals surface area contributed by atoms with E-state index >= 15 is 0 Å². The minimum Gasteiger partial charge on any atom is -0.372 e. The van der Waals surface area contributed by atoms with Gasteiger partial charge in [-0.2, -0.15) is 0 Å². The van der Waals surface area contributed by atoms with Crippen molar-refractivity contribution in [2.75, 3.05) is 7.05 Å². The maximum absolute atomic E-state index is 2.34. The Morgan fingerprint density at radius 1 is 1.67 bits per heavy atom. The lowest BCUT2D eigenvalue weighted by molar-refractivity contribution is 0.282. The molecule has 0 saturated carbocycles. The van der Waals surface area contributed by atoms with Gasteiger partial charge in [-0.1, -0.05) is 13.3 Å². The highest BCUT2D eigenvalue weighted by atomic mass is 15.2. The first-order chi connectivity index (χ1) is 4.25. The zero-order chi connectivity index (χ0) is 6.85. The smallest absolute Gasteiger partial charge is 0.0485 e. The molecule has 1 aliphatic heterocycles. The van der Waals surface area contributed by atoms with E-state index in [9.17, 15) is 0 Å². The summed E-state index contributed by atoms with van der Waals surface area (Å²) in [7, 11) is 2.16. The summed E-state index contributed by atoms with van der Waals surface area (Å²) in [5.74, 6) is 0. The predicted octanol–water partition coefficient (Wildman–Crippen LogP) is 2.00. The Morgan fingerprint density at radius 3 is 2.67 bits per heavy atom. The van der Waals surface area contributed by atoms with E-state index in [1.165, 1.54) is 18.5 Å². The summed E-state index contributed by atoms with van der Waals surface area (Å²) in [6, 6.07) is 0.745. The van der Waals surface area contributed by atoms with E-state index in [0.29, 0.717) is 0 Å². The molecule has 0 aromatic carbocycles. The summed E-state index contributed by atoms with van der Waals surface area (Å²) < 4.78 is 0. The van der Waals surface area contributed by atoms with Gasteiger partial charge in [-0.25, -0.2) is 0 Å². The van der Waals surface area contributed by atoms with Crippen LogP contribution in [-0.4, -0.2) is 18.0 Å². The van der Waals surface area contributed by atoms with Crippen LogP contribution in [0, 0.1) is 0 Å². The van der Waals surface area contributed by atoms with Crippen LogP contribution in [0.5, 0.6) is 0 Å². The molecule has 0 aromatic heterocycles. The molecule has 0 amide bonds. The molecular weight excluding hydrogens is 110 g/mol. The second-order valence-electron chi connectivity index (χ2n) is 2.77. The highest BCUT2D eigenvalue weighted by molar-refractivity contribution is 5.15. The van der Waals surface area contributed by atoms with Gasteiger partial charge >= 0.3 is 0 Å². The third-order valence-electron chi connectivity index (χ3n) is 2.07. The molecule has 0 fully saturated rings. The van der Waals surface area contributed by atoms with Crippen molar-refractivity contribution in [3.05, 3.63) is 11.8 Å². The fourth-order valence-corrected chi connectivity index (χ4v) is 1.26. The maximum atomic E-state index is 2.34. The second-order valence-corrected chi connectivity index (χ2v) is 2.77. The minimum atomic E-state index is 0.745. The van der Waals surface area contributed by atoms with Crippen LogP contribution in [-0.2, 0) is 0 Å². The van der Waals surface area contributed by atoms with Crippen LogP contribution in [0.15, 0.2) is 11.8 Å². The van der Waals surface area contributed by atoms with Crippen molar-refractivity contribution in [3.8, 4) is 0 Å². The summed E-state index contributed by atoms with van der Waals surface area (Å²) in [6.07, 6.45) is 4.94. The predicted molar refractivity (Wildman–Crippen MR) is 40.2 cm³/mol. The van der Waals surface area contributed by atoms with E-state index in [4.69, 9.17) is 0 Å². The molecule has 1 unspecified atom stereocenters. The normalized spacial score (nSPS) is 25.4. The van der Waals surface area contributed by atoms with E-state index in [-0.39, 0.29) is 0 Å². The Morgan fingerprint density at radius 2 is 2.33 bits per heavy atom. The number of hydrogen-bond acceptors (Lipinski definition) is 1. The van der Waals surface area contributed by atoms with Gasteiger partial charge in [-0.15, -0.1) is 0 Å². The van der Waals surface area contributed by atoms with Gasteiger partial charge in [0.25, 0.3) is 0 Å². The molecule has 52 valence electrons. The van der Waals surface area contributed by atoms with Crippen LogP contribution >= 0.6 is 0 Å². The fraction of sp³-hybridized carbons (Fsp3) is 0.750. The average Bonchev–Trinajstić information content (AvgIpc) is 1.88. The van der Waals surface area contributed by atoms with Crippen LogP contribution in [0.3, 0.4) is 0 Å². The Balaban J connectivity index is 2.34. The quantitative estimate of drug-likeness (QED) is 0.545. The standard InChI is InChI=1S/C8H15N/c1-4-5-8-6-7(2)9(8)3/h6,8H,4-5H2,1-3H3. The number of allylic oxidation sites excluding steroid dienone is 1. The van der Waals surface area contributed by atoms with Gasteiger partial charge in [-0.05, 0) is 19.4 Å². The molecule has 1 heterocycles. The van der Waals surface area contributed by atoms with Gasteiger partial charge in [0, 0.05) is 18.8 Å². The fourth-order valence-electron chi connectivity index (χ4n) is 1.26. The van der Waals surface area contributed by atoms with E-state index in [1.54, 1.807) is 0 Å². The highest BCUT2D eigenvalue weighted by Gasteiger charge is 2.19. The Kier molecular flexibility index (Phi) is 1.79. The van der Waals surface area contributed by atoms with Gasteiger partial charge < -0.3 is 4.90 Å². The van der Waals surface area contributed by atoms with Crippen LogP contribution in [0.25, 0.3) is 0 Å². The molecule has 0 radical (unpaired) electrons. The molecule has 9 heavy (non-hydrogen) atoms. The van der Waals surface area contributed by atoms with Crippen molar-refractivity contribution in [1.29, 1.82) is 0 Å². The summed E-state index contributed by atoms with van der Waals surface area (Å²) >= 11 is 0. The Hall–Kier alpha value is -0.460. The van der Waals surface area contributed by atoms with Crippen molar-refractivity contribution < 1.29 is 0 Å². The molecule has 1 atom stereocenters. The first-order valence-corrected chi connectivity index (χ1v) is 3.67. The van der Waals surface area contributed by atoms with Crippen LogP contribution < -0.4 is 0 Å². The van der Waals surface area contributed by atoms with Gasteiger partial charge in [0.15, 0.2) is 0 Å². The van der Waals surface area contributed by atoms with Gasteiger partial charge in [0.2, 0.25) is 0 Å². The molecular formula is C8H15N. The second kappa shape index (κ2) is 2.42. The minimum absolute atomic E-state index is 0.745. The molecule has 0 aliphatic carbocycles. The molecule has 1 aliphatic rings. The highest BCUT2D eigenvalue weighted by Crippen LogP contribution is 2.22. The van der Waals surface area contributed by atoms with Crippen molar-refractivity contribution in [3.63, 3.8) is 0 Å². The first kappa shape index (κ1) is 6.66. The lowest BCUT2D eigenvalue weighted by Gasteiger charge is -2.37. The van der Waals surface area contributed by atoms with E-state index in [2.05, 4.69) is 31.9 Å². The van der Waals surface area contributed by atoms with E-state index in [1.807, 2.05) is 0 Å². The summed E-state index contributed by atoms with van der Waals surface area (Å²) in [4.78, 5) is 2.34.